The summed E-state index contributed by atoms with van der Waals surface area (Å²) in [6.45, 7) is 0.238. The number of ether oxygens (including phenoxy) is 2. The van der Waals surface area contributed by atoms with Crippen molar-refractivity contribution in [3.8, 4) is 23.0 Å². The SMILES string of the molecule is COc1nccc(C=O)c1OCc1cccnc1-c1ccnn1C1CCCC1. The van der Waals surface area contributed by atoms with E-state index in [1.807, 2.05) is 24.4 Å². The van der Waals surface area contributed by atoms with Gasteiger partial charge in [-0.3, -0.25) is 14.5 Å². The second kappa shape index (κ2) is 8.21. The molecule has 0 N–H and O–H groups in total. The first kappa shape index (κ1) is 18.2. The summed E-state index contributed by atoms with van der Waals surface area (Å²) in [6, 6.07) is 7.86. The first-order valence-electron chi connectivity index (χ1n) is 9.40. The van der Waals surface area contributed by atoms with Crippen LogP contribution in [0.3, 0.4) is 0 Å². The van der Waals surface area contributed by atoms with Gasteiger partial charge in [0, 0.05) is 24.2 Å². The first-order valence-corrected chi connectivity index (χ1v) is 9.40. The number of methoxy groups -OCH3 is 1. The van der Waals surface area contributed by atoms with E-state index in [1.54, 1.807) is 12.3 Å². The summed E-state index contributed by atoms with van der Waals surface area (Å²) in [7, 11) is 1.50. The predicted molar refractivity (Wildman–Crippen MR) is 103 cm³/mol. The highest BCUT2D eigenvalue weighted by atomic mass is 16.5. The van der Waals surface area contributed by atoms with Gasteiger partial charge >= 0.3 is 0 Å². The predicted octanol–water partition coefficient (Wildman–Crippen LogP) is 3.86. The zero-order chi connectivity index (χ0) is 19.3. The molecule has 1 aliphatic carbocycles. The molecule has 1 saturated carbocycles. The topological polar surface area (TPSA) is 79.1 Å². The van der Waals surface area contributed by atoms with Crippen LogP contribution in [0.5, 0.6) is 11.6 Å². The molecule has 0 aromatic carbocycles. The summed E-state index contributed by atoms with van der Waals surface area (Å²) in [5, 5.41) is 4.55. The summed E-state index contributed by atoms with van der Waals surface area (Å²) in [6.07, 6.45) is 10.6. The lowest BCUT2D eigenvalue weighted by Crippen LogP contribution is -2.10. The molecule has 3 aromatic rings. The van der Waals surface area contributed by atoms with Crippen LogP contribution in [-0.4, -0.2) is 33.1 Å². The molecule has 1 aliphatic rings. The number of aromatic nitrogens is 4. The van der Waals surface area contributed by atoms with E-state index in [-0.39, 0.29) is 12.5 Å². The number of rotatable bonds is 7. The largest absolute Gasteiger partial charge is 0.482 e. The fourth-order valence-electron chi connectivity index (χ4n) is 3.70. The summed E-state index contributed by atoms with van der Waals surface area (Å²) < 4.78 is 13.3. The molecular weight excluding hydrogens is 356 g/mol. The molecule has 0 unspecified atom stereocenters. The molecule has 0 aliphatic heterocycles. The molecule has 0 spiro atoms. The van der Waals surface area contributed by atoms with Crippen molar-refractivity contribution in [2.75, 3.05) is 7.11 Å². The fourth-order valence-corrected chi connectivity index (χ4v) is 3.70. The normalized spacial score (nSPS) is 14.2. The summed E-state index contributed by atoms with van der Waals surface area (Å²) in [5.74, 6) is 0.616. The highest BCUT2D eigenvalue weighted by Gasteiger charge is 2.22. The van der Waals surface area contributed by atoms with Gasteiger partial charge in [-0.05, 0) is 31.0 Å². The van der Waals surface area contributed by atoms with Crippen molar-refractivity contribution in [1.82, 2.24) is 19.7 Å². The quantitative estimate of drug-likeness (QED) is 0.581. The molecule has 3 heterocycles. The molecule has 1 fully saturated rings. The third-order valence-corrected chi connectivity index (χ3v) is 5.07. The van der Waals surface area contributed by atoms with Crippen molar-refractivity contribution >= 4 is 6.29 Å². The Morgan fingerprint density at radius 2 is 2.00 bits per heavy atom. The lowest BCUT2D eigenvalue weighted by atomic mass is 10.1. The van der Waals surface area contributed by atoms with Crippen molar-refractivity contribution in [3.05, 3.63) is 54.0 Å². The number of hydrogen-bond donors (Lipinski definition) is 0. The maximum Gasteiger partial charge on any atom is 0.257 e. The van der Waals surface area contributed by atoms with Gasteiger partial charge < -0.3 is 9.47 Å². The van der Waals surface area contributed by atoms with Crippen molar-refractivity contribution in [3.63, 3.8) is 0 Å². The van der Waals surface area contributed by atoms with Gasteiger partial charge in [-0.15, -0.1) is 0 Å². The smallest absolute Gasteiger partial charge is 0.257 e. The van der Waals surface area contributed by atoms with Gasteiger partial charge in [0.1, 0.15) is 6.61 Å². The summed E-state index contributed by atoms with van der Waals surface area (Å²) in [4.78, 5) is 20.1. The Kier molecular flexibility index (Phi) is 5.32. The van der Waals surface area contributed by atoms with E-state index in [2.05, 4.69) is 19.7 Å². The zero-order valence-corrected chi connectivity index (χ0v) is 15.7. The number of aldehydes is 1. The Balaban J connectivity index is 1.64. The molecule has 0 amide bonds. The Morgan fingerprint density at radius 3 is 2.79 bits per heavy atom. The number of carbonyl (C=O) groups excluding carboxylic acids is 1. The van der Waals surface area contributed by atoms with Crippen molar-refractivity contribution in [2.45, 2.75) is 38.3 Å². The van der Waals surface area contributed by atoms with Gasteiger partial charge in [0.05, 0.1) is 30.1 Å². The van der Waals surface area contributed by atoms with E-state index in [4.69, 9.17) is 9.47 Å². The van der Waals surface area contributed by atoms with Crippen LogP contribution >= 0.6 is 0 Å². The van der Waals surface area contributed by atoms with Crippen LogP contribution in [0.25, 0.3) is 11.4 Å². The lowest BCUT2D eigenvalue weighted by molar-refractivity contribution is 0.111. The molecule has 144 valence electrons. The molecule has 0 atom stereocenters. The van der Waals surface area contributed by atoms with Crippen LogP contribution in [-0.2, 0) is 6.61 Å². The van der Waals surface area contributed by atoms with Gasteiger partial charge in [-0.1, -0.05) is 18.9 Å². The number of carbonyl (C=O) groups is 1. The van der Waals surface area contributed by atoms with Crippen LogP contribution in [0.1, 0.15) is 47.6 Å². The van der Waals surface area contributed by atoms with Crippen molar-refractivity contribution < 1.29 is 14.3 Å². The molecule has 0 radical (unpaired) electrons. The van der Waals surface area contributed by atoms with E-state index < -0.39 is 0 Å². The Hall–Kier alpha value is -3.22. The van der Waals surface area contributed by atoms with E-state index >= 15 is 0 Å². The Labute approximate surface area is 163 Å². The minimum absolute atomic E-state index is 0.238. The second-order valence-electron chi connectivity index (χ2n) is 6.76. The van der Waals surface area contributed by atoms with Crippen LogP contribution in [0, 0.1) is 0 Å². The second-order valence-corrected chi connectivity index (χ2v) is 6.76. The molecule has 28 heavy (non-hydrogen) atoms. The van der Waals surface area contributed by atoms with Crippen LogP contribution in [0.4, 0.5) is 0 Å². The molecule has 4 rings (SSSR count). The van der Waals surface area contributed by atoms with Crippen LogP contribution in [0.2, 0.25) is 0 Å². The monoisotopic (exact) mass is 378 g/mol. The standard InChI is InChI=1S/C21H22N4O3/c1-27-21-20(15(13-26)8-11-23-21)28-14-16-5-4-10-22-19(16)18-9-12-24-25(18)17-6-2-3-7-17/h4-5,8-13,17H,2-3,6-7,14H2,1H3. The van der Waals surface area contributed by atoms with E-state index in [9.17, 15) is 4.79 Å². The summed E-state index contributed by atoms with van der Waals surface area (Å²) >= 11 is 0. The minimum Gasteiger partial charge on any atom is -0.482 e. The fraction of sp³-hybridized carbons (Fsp3) is 0.333. The highest BCUT2D eigenvalue weighted by Crippen LogP contribution is 2.34. The molecule has 7 nitrogen and oxygen atoms in total. The van der Waals surface area contributed by atoms with Gasteiger partial charge in [0.2, 0.25) is 0 Å². The third-order valence-electron chi connectivity index (χ3n) is 5.07. The molecule has 7 heteroatoms. The van der Waals surface area contributed by atoms with E-state index in [0.717, 1.165) is 36.1 Å². The van der Waals surface area contributed by atoms with Crippen LogP contribution < -0.4 is 9.47 Å². The third kappa shape index (κ3) is 3.47. The minimum atomic E-state index is 0.238. The van der Waals surface area contributed by atoms with E-state index in [1.165, 1.54) is 26.1 Å². The van der Waals surface area contributed by atoms with Crippen molar-refractivity contribution in [1.29, 1.82) is 0 Å². The average Bonchev–Trinajstić information content (AvgIpc) is 3.43. The van der Waals surface area contributed by atoms with Crippen molar-refractivity contribution in [2.24, 2.45) is 0 Å². The highest BCUT2D eigenvalue weighted by molar-refractivity contribution is 5.80. The number of nitrogens with zero attached hydrogens (tertiary/aromatic N) is 4. The maximum atomic E-state index is 11.4. The van der Waals surface area contributed by atoms with Gasteiger partial charge in [0.15, 0.2) is 12.0 Å². The number of hydrogen-bond acceptors (Lipinski definition) is 6. The molecular formula is C21H22N4O3. The van der Waals surface area contributed by atoms with Crippen LogP contribution in [0.15, 0.2) is 42.9 Å². The molecule has 3 aromatic heterocycles. The Morgan fingerprint density at radius 1 is 1.14 bits per heavy atom. The van der Waals surface area contributed by atoms with Gasteiger partial charge in [0.25, 0.3) is 5.88 Å². The zero-order valence-electron chi connectivity index (χ0n) is 15.7. The summed E-state index contributed by atoms with van der Waals surface area (Å²) in [5.41, 5.74) is 3.13. The lowest BCUT2D eigenvalue weighted by Gasteiger charge is -2.16. The van der Waals surface area contributed by atoms with E-state index in [0.29, 0.717) is 17.4 Å². The number of pyridine rings is 2. The van der Waals surface area contributed by atoms with Gasteiger partial charge in [-0.25, -0.2) is 4.98 Å². The maximum absolute atomic E-state index is 11.4. The van der Waals surface area contributed by atoms with Gasteiger partial charge in [-0.2, -0.15) is 5.10 Å². The Bertz CT molecular complexity index is 964. The molecule has 0 bridgehead atoms. The average molecular weight is 378 g/mol. The molecule has 0 saturated heterocycles. The first-order chi connectivity index (χ1) is 13.8.